The van der Waals surface area contributed by atoms with E-state index in [0.717, 1.165) is 0 Å². The first kappa shape index (κ1) is 11.6. The summed E-state index contributed by atoms with van der Waals surface area (Å²) in [6.45, 7) is 3.44. The van der Waals surface area contributed by atoms with Crippen LogP contribution >= 0.6 is 0 Å². The van der Waals surface area contributed by atoms with Crippen LogP contribution in [0.4, 0.5) is 0 Å². The molecule has 0 heterocycles. The predicted octanol–water partition coefficient (Wildman–Crippen LogP) is 1.77. The number of hydrogen-bond donors (Lipinski definition) is 2. The van der Waals surface area contributed by atoms with E-state index >= 15 is 0 Å². The van der Waals surface area contributed by atoms with Crippen LogP contribution in [-0.4, -0.2) is 22.3 Å². The lowest BCUT2D eigenvalue weighted by Crippen LogP contribution is -1.93. The molecule has 0 atom stereocenters. The fraction of sp³-hybridized carbons (Fsp3) is 0.300. The molecule has 0 amide bonds. The average Bonchev–Trinajstić information content (AvgIpc) is 2.05. The minimum Gasteiger partial charge on any atom is -0.478 e. The maximum Gasteiger partial charge on any atom is 0.335 e. The van der Waals surface area contributed by atoms with Crippen molar-refractivity contribution in [1.29, 1.82) is 0 Å². The van der Waals surface area contributed by atoms with E-state index in [2.05, 4.69) is 0 Å². The molecule has 3 nitrogen and oxygen atoms in total. The Morgan fingerprint density at radius 1 is 1.23 bits per heavy atom. The van der Waals surface area contributed by atoms with Crippen molar-refractivity contribution in [3.63, 3.8) is 0 Å². The number of carboxylic acid groups (broad SMARTS) is 1. The lowest BCUT2D eigenvalue weighted by Gasteiger charge is -1.88. The molecule has 0 aliphatic carbocycles. The first-order valence-corrected chi connectivity index (χ1v) is 4.00. The number of aromatic carboxylic acids is 1. The van der Waals surface area contributed by atoms with E-state index < -0.39 is 5.97 Å². The fourth-order valence-electron chi connectivity index (χ4n) is 0.581. The Bertz CT molecular complexity index is 239. The van der Waals surface area contributed by atoms with Crippen LogP contribution in [-0.2, 0) is 0 Å². The van der Waals surface area contributed by atoms with Crippen molar-refractivity contribution >= 4 is 5.97 Å². The minimum absolute atomic E-state index is 0.167. The Morgan fingerprint density at radius 3 is 1.85 bits per heavy atom. The van der Waals surface area contributed by atoms with Gasteiger partial charge in [0, 0.05) is 6.10 Å². The van der Waals surface area contributed by atoms with Crippen LogP contribution in [0.1, 0.15) is 24.2 Å². The van der Waals surface area contributed by atoms with E-state index in [9.17, 15) is 4.79 Å². The number of rotatable bonds is 1. The third-order valence-corrected chi connectivity index (χ3v) is 1.02. The lowest BCUT2D eigenvalue weighted by molar-refractivity contribution is 0.0697. The second-order valence-electron chi connectivity index (χ2n) is 2.76. The molecular formula is C10H14O3. The molecule has 0 spiro atoms. The molecule has 72 valence electrons. The topological polar surface area (TPSA) is 57.5 Å². The Morgan fingerprint density at radius 2 is 1.62 bits per heavy atom. The quantitative estimate of drug-likeness (QED) is 0.696. The molecular weight excluding hydrogens is 168 g/mol. The van der Waals surface area contributed by atoms with Crippen LogP contribution in [0, 0.1) is 0 Å². The number of hydrogen-bond acceptors (Lipinski definition) is 2. The van der Waals surface area contributed by atoms with Crippen LogP contribution in [0.3, 0.4) is 0 Å². The highest BCUT2D eigenvalue weighted by Gasteiger charge is 1.96. The maximum absolute atomic E-state index is 10.2. The van der Waals surface area contributed by atoms with Gasteiger partial charge in [0.1, 0.15) is 0 Å². The molecule has 13 heavy (non-hydrogen) atoms. The predicted molar refractivity (Wildman–Crippen MR) is 50.8 cm³/mol. The molecule has 0 saturated carbocycles. The highest BCUT2D eigenvalue weighted by molar-refractivity contribution is 5.87. The minimum atomic E-state index is -0.879. The van der Waals surface area contributed by atoms with Crippen molar-refractivity contribution in [1.82, 2.24) is 0 Å². The lowest BCUT2D eigenvalue weighted by atomic mass is 10.2. The van der Waals surface area contributed by atoms with E-state index in [0.29, 0.717) is 5.56 Å². The first-order chi connectivity index (χ1) is 6.04. The summed E-state index contributed by atoms with van der Waals surface area (Å²) in [6, 6.07) is 8.30. The van der Waals surface area contributed by atoms with Gasteiger partial charge in [-0.3, -0.25) is 0 Å². The van der Waals surface area contributed by atoms with Crippen molar-refractivity contribution in [3.05, 3.63) is 35.9 Å². The molecule has 1 aromatic rings. The number of aliphatic hydroxyl groups excluding tert-OH is 1. The standard InChI is InChI=1S/C7H6O2.C3H8O/c8-7(9)6-4-2-1-3-5-6;1-3(2)4/h1-5H,(H,8,9);3-4H,1-2H3. The van der Waals surface area contributed by atoms with Gasteiger partial charge in [0.05, 0.1) is 5.56 Å². The molecule has 1 rings (SSSR count). The van der Waals surface area contributed by atoms with Crippen LogP contribution < -0.4 is 0 Å². The summed E-state index contributed by atoms with van der Waals surface area (Å²) < 4.78 is 0. The van der Waals surface area contributed by atoms with E-state index in [1.807, 2.05) is 0 Å². The molecule has 1 aromatic carbocycles. The van der Waals surface area contributed by atoms with Crippen molar-refractivity contribution in [2.45, 2.75) is 20.0 Å². The zero-order valence-corrected chi connectivity index (χ0v) is 7.77. The number of carbonyl (C=O) groups is 1. The first-order valence-electron chi connectivity index (χ1n) is 4.00. The van der Waals surface area contributed by atoms with Gasteiger partial charge in [-0.15, -0.1) is 0 Å². The van der Waals surface area contributed by atoms with E-state index in [1.54, 1.807) is 44.2 Å². The van der Waals surface area contributed by atoms with Crippen LogP contribution in [0.2, 0.25) is 0 Å². The molecule has 0 aliphatic heterocycles. The van der Waals surface area contributed by atoms with Gasteiger partial charge < -0.3 is 10.2 Å². The van der Waals surface area contributed by atoms with Gasteiger partial charge >= 0.3 is 5.97 Å². The third-order valence-electron chi connectivity index (χ3n) is 1.02. The largest absolute Gasteiger partial charge is 0.478 e. The summed E-state index contributed by atoms with van der Waals surface area (Å²) in [6.07, 6.45) is -0.167. The molecule has 0 radical (unpaired) electrons. The highest BCUT2D eigenvalue weighted by Crippen LogP contribution is 1.96. The number of benzene rings is 1. The third kappa shape index (κ3) is 7.03. The summed E-state index contributed by atoms with van der Waals surface area (Å²) in [5.41, 5.74) is 0.331. The van der Waals surface area contributed by atoms with Gasteiger partial charge in [-0.1, -0.05) is 18.2 Å². The van der Waals surface area contributed by atoms with Gasteiger partial charge in [-0.25, -0.2) is 4.79 Å². The average molecular weight is 182 g/mol. The van der Waals surface area contributed by atoms with Gasteiger partial charge in [0.25, 0.3) is 0 Å². The molecule has 0 fully saturated rings. The Labute approximate surface area is 77.6 Å². The summed E-state index contributed by atoms with van der Waals surface area (Å²) in [7, 11) is 0. The molecule has 0 aromatic heterocycles. The SMILES string of the molecule is CC(C)O.O=C(O)c1ccccc1. The van der Waals surface area contributed by atoms with Gasteiger partial charge in [-0.05, 0) is 26.0 Å². The van der Waals surface area contributed by atoms with Crippen molar-refractivity contribution in [3.8, 4) is 0 Å². The van der Waals surface area contributed by atoms with E-state index in [1.165, 1.54) is 0 Å². The number of aliphatic hydroxyl groups is 1. The van der Waals surface area contributed by atoms with E-state index in [4.69, 9.17) is 10.2 Å². The van der Waals surface area contributed by atoms with Crippen LogP contribution in [0.15, 0.2) is 30.3 Å². The summed E-state index contributed by atoms with van der Waals surface area (Å²) in [4.78, 5) is 10.2. The Kier molecular flexibility index (Phi) is 5.55. The molecule has 0 unspecified atom stereocenters. The molecule has 2 N–H and O–H groups in total. The van der Waals surface area contributed by atoms with Crippen LogP contribution in [0.25, 0.3) is 0 Å². The Hall–Kier alpha value is -1.35. The smallest absolute Gasteiger partial charge is 0.335 e. The summed E-state index contributed by atoms with van der Waals surface area (Å²) in [5, 5.41) is 16.4. The maximum atomic E-state index is 10.2. The van der Waals surface area contributed by atoms with Crippen molar-refractivity contribution in [2.24, 2.45) is 0 Å². The number of carboxylic acids is 1. The molecule has 3 heteroatoms. The zero-order chi connectivity index (χ0) is 10.3. The summed E-state index contributed by atoms with van der Waals surface area (Å²) in [5.74, 6) is -0.879. The molecule has 0 bridgehead atoms. The monoisotopic (exact) mass is 182 g/mol. The Balaban J connectivity index is 0.000000310. The normalized spacial score (nSPS) is 8.92. The van der Waals surface area contributed by atoms with Gasteiger partial charge in [0.2, 0.25) is 0 Å². The second kappa shape index (κ2) is 6.20. The van der Waals surface area contributed by atoms with Gasteiger partial charge in [-0.2, -0.15) is 0 Å². The molecule has 0 saturated heterocycles. The fourth-order valence-corrected chi connectivity index (χ4v) is 0.581. The van der Waals surface area contributed by atoms with Crippen LogP contribution in [0.5, 0.6) is 0 Å². The van der Waals surface area contributed by atoms with Crippen molar-refractivity contribution in [2.75, 3.05) is 0 Å². The summed E-state index contributed by atoms with van der Waals surface area (Å²) >= 11 is 0. The highest BCUT2D eigenvalue weighted by atomic mass is 16.4. The second-order valence-corrected chi connectivity index (χ2v) is 2.76. The van der Waals surface area contributed by atoms with Gasteiger partial charge in [0.15, 0.2) is 0 Å². The van der Waals surface area contributed by atoms with E-state index in [-0.39, 0.29) is 6.10 Å². The molecule has 0 aliphatic rings. The zero-order valence-electron chi connectivity index (χ0n) is 7.77. The van der Waals surface area contributed by atoms with Crippen molar-refractivity contribution < 1.29 is 15.0 Å².